The van der Waals surface area contributed by atoms with Gasteiger partial charge in [-0.2, -0.15) is 0 Å². The van der Waals surface area contributed by atoms with Crippen LogP contribution in [0.25, 0.3) is 0 Å². The Morgan fingerprint density at radius 3 is 2.69 bits per heavy atom. The molecule has 2 aliphatic carbocycles. The molecule has 1 heteroatoms. The van der Waals surface area contributed by atoms with E-state index in [1.807, 2.05) is 0 Å². The van der Waals surface area contributed by atoms with Crippen LogP contribution in [-0.4, -0.2) is 11.2 Å². The first-order chi connectivity index (χ1) is 7.80. The standard InChI is InChI=1S/C15H20O/c16-14-8-10-15(9-4-5-12(14)11-15)13-6-2-1-3-7-13/h1-3,6-7,12,14,16H,4-5,8-11H2/t12-,14-,15-/m0/s1. The van der Waals surface area contributed by atoms with Crippen LogP contribution in [0.4, 0.5) is 0 Å². The van der Waals surface area contributed by atoms with Gasteiger partial charge in [-0.3, -0.25) is 0 Å². The lowest BCUT2D eigenvalue weighted by Gasteiger charge is -2.47. The molecule has 3 rings (SSSR count). The van der Waals surface area contributed by atoms with Crippen LogP contribution in [-0.2, 0) is 5.41 Å². The Bertz CT molecular complexity index is 359. The highest BCUT2D eigenvalue weighted by atomic mass is 16.3. The Kier molecular flexibility index (Phi) is 2.51. The highest BCUT2D eigenvalue weighted by Gasteiger charge is 2.43. The van der Waals surface area contributed by atoms with Crippen molar-refractivity contribution in [1.29, 1.82) is 0 Å². The summed E-state index contributed by atoms with van der Waals surface area (Å²) in [6.07, 6.45) is 7.19. The van der Waals surface area contributed by atoms with E-state index in [-0.39, 0.29) is 6.10 Å². The average Bonchev–Trinajstić information content (AvgIpc) is 2.36. The third-order valence-corrected chi connectivity index (χ3v) is 4.73. The summed E-state index contributed by atoms with van der Waals surface area (Å²) in [6, 6.07) is 11.0. The molecule has 3 atom stereocenters. The smallest absolute Gasteiger partial charge is 0.0569 e. The van der Waals surface area contributed by atoms with E-state index in [1.54, 1.807) is 0 Å². The molecular weight excluding hydrogens is 196 g/mol. The first-order valence-corrected chi connectivity index (χ1v) is 6.54. The maximum absolute atomic E-state index is 9.98. The van der Waals surface area contributed by atoms with Gasteiger partial charge < -0.3 is 5.11 Å². The Balaban J connectivity index is 1.93. The first kappa shape index (κ1) is 10.3. The minimum absolute atomic E-state index is 0.0304. The second kappa shape index (κ2) is 3.89. The fourth-order valence-corrected chi connectivity index (χ4v) is 3.82. The second-order valence-electron chi connectivity index (χ2n) is 5.61. The minimum atomic E-state index is -0.0304. The van der Waals surface area contributed by atoms with E-state index in [2.05, 4.69) is 30.3 Å². The lowest BCUT2D eigenvalue weighted by Crippen LogP contribution is -2.42. The number of rotatable bonds is 1. The van der Waals surface area contributed by atoms with Crippen LogP contribution in [0.5, 0.6) is 0 Å². The van der Waals surface area contributed by atoms with Crippen molar-refractivity contribution in [1.82, 2.24) is 0 Å². The summed E-state index contributed by atoms with van der Waals surface area (Å²) in [5, 5.41) is 9.98. The molecular formula is C15H20O. The Morgan fingerprint density at radius 1 is 1.06 bits per heavy atom. The zero-order valence-corrected chi connectivity index (χ0v) is 9.73. The number of aliphatic hydroxyl groups is 1. The van der Waals surface area contributed by atoms with Crippen molar-refractivity contribution in [2.45, 2.75) is 50.0 Å². The predicted molar refractivity (Wildman–Crippen MR) is 65.3 cm³/mol. The molecule has 2 saturated carbocycles. The summed E-state index contributed by atoms with van der Waals surface area (Å²) in [4.78, 5) is 0. The summed E-state index contributed by atoms with van der Waals surface area (Å²) in [5.41, 5.74) is 1.90. The molecule has 0 aromatic heterocycles. The van der Waals surface area contributed by atoms with Gasteiger partial charge in [-0.1, -0.05) is 36.8 Å². The molecule has 0 saturated heterocycles. The van der Waals surface area contributed by atoms with Crippen LogP contribution in [0.3, 0.4) is 0 Å². The molecule has 0 amide bonds. The van der Waals surface area contributed by atoms with Crippen molar-refractivity contribution < 1.29 is 5.11 Å². The van der Waals surface area contributed by atoms with Crippen LogP contribution in [0.2, 0.25) is 0 Å². The van der Waals surface area contributed by atoms with Gasteiger partial charge in [-0.15, -0.1) is 0 Å². The van der Waals surface area contributed by atoms with E-state index in [1.165, 1.54) is 37.7 Å². The van der Waals surface area contributed by atoms with Crippen LogP contribution < -0.4 is 0 Å². The van der Waals surface area contributed by atoms with E-state index in [4.69, 9.17) is 0 Å². The highest BCUT2D eigenvalue weighted by molar-refractivity contribution is 5.27. The van der Waals surface area contributed by atoms with Crippen molar-refractivity contribution in [3.63, 3.8) is 0 Å². The third kappa shape index (κ3) is 1.58. The van der Waals surface area contributed by atoms with Crippen LogP contribution in [0, 0.1) is 5.92 Å². The van der Waals surface area contributed by atoms with Gasteiger partial charge in [-0.05, 0) is 49.0 Å². The van der Waals surface area contributed by atoms with E-state index in [9.17, 15) is 5.11 Å². The highest BCUT2D eigenvalue weighted by Crippen LogP contribution is 2.50. The number of hydrogen-bond acceptors (Lipinski definition) is 1. The third-order valence-electron chi connectivity index (χ3n) is 4.73. The van der Waals surface area contributed by atoms with E-state index in [0.717, 1.165) is 6.42 Å². The van der Waals surface area contributed by atoms with E-state index >= 15 is 0 Å². The lowest BCUT2D eigenvalue weighted by atomic mass is 9.58. The van der Waals surface area contributed by atoms with Gasteiger partial charge in [0.15, 0.2) is 0 Å². The Labute approximate surface area is 97.5 Å². The fourth-order valence-electron chi connectivity index (χ4n) is 3.82. The molecule has 86 valence electrons. The maximum Gasteiger partial charge on any atom is 0.0569 e. The van der Waals surface area contributed by atoms with E-state index < -0.39 is 0 Å². The Morgan fingerprint density at radius 2 is 1.88 bits per heavy atom. The number of fused-ring (bicyclic) bond motifs is 2. The fraction of sp³-hybridized carbons (Fsp3) is 0.600. The summed E-state index contributed by atoms with van der Waals surface area (Å²) >= 11 is 0. The van der Waals surface area contributed by atoms with Gasteiger partial charge in [0.05, 0.1) is 6.10 Å². The van der Waals surface area contributed by atoms with Gasteiger partial charge in [-0.25, -0.2) is 0 Å². The van der Waals surface area contributed by atoms with Crippen molar-refractivity contribution >= 4 is 0 Å². The van der Waals surface area contributed by atoms with Gasteiger partial charge in [0, 0.05) is 0 Å². The largest absolute Gasteiger partial charge is 0.393 e. The molecule has 16 heavy (non-hydrogen) atoms. The quantitative estimate of drug-likeness (QED) is 0.764. The average molecular weight is 216 g/mol. The summed E-state index contributed by atoms with van der Waals surface area (Å²) < 4.78 is 0. The van der Waals surface area contributed by atoms with Crippen LogP contribution >= 0.6 is 0 Å². The van der Waals surface area contributed by atoms with Crippen molar-refractivity contribution in [2.24, 2.45) is 5.92 Å². The molecule has 0 radical (unpaired) electrons. The topological polar surface area (TPSA) is 20.2 Å². The van der Waals surface area contributed by atoms with Crippen LogP contribution in [0.15, 0.2) is 30.3 Å². The van der Waals surface area contributed by atoms with Gasteiger partial charge in [0.2, 0.25) is 0 Å². The molecule has 0 aliphatic heterocycles. The van der Waals surface area contributed by atoms with E-state index in [0.29, 0.717) is 11.3 Å². The zero-order chi connectivity index (χ0) is 11.0. The maximum atomic E-state index is 9.98. The monoisotopic (exact) mass is 216 g/mol. The second-order valence-corrected chi connectivity index (χ2v) is 5.61. The zero-order valence-electron chi connectivity index (χ0n) is 9.73. The molecule has 1 aromatic rings. The van der Waals surface area contributed by atoms with Crippen molar-refractivity contribution in [3.8, 4) is 0 Å². The normalized spacial score (nSPS) is 38.3. The lowest BCUT2D eigenvalue weighted by molar-refractivity contribution is 0.00733. The van der Waals surface area contributed by atoms with Gasteiger partial charge in [0.25, 0.3) is 0 Å². The predicted octanol–water partition coefficient (Wildman–Crippen LogP) is 3.27. The first-order valence-electron chi connectivity index (χ1n) is 6.54. The minimum Gasteiger partial charge on any atom is -0.393 e. The van der Waals surface area contributed by atoms with Crippen molar-refractivity contribution in [2.75, 3.05) is 0 Å². The summed E-state index contributed by atoms with van der Waals surface area (Å²) in [6.45, 7) is 0. The van der Waals surface area contributed by atoms with Gasteiger partial charge in [0.1, 0.15) is 0 Å². The molecule has 1 nitrogen and oxygen atoms in total. The molecule has 2 bridgehead atoms. The SMILES string of the molecule is O[C@H]1CC[C@@]2(c3ccccc3)CCC[C@H]1C2. The molecule has 1 N–H and O–H groups in total. The van der Waals surface area contributed by atoms with Crippen LogP contribution in [0.1, 0.15) is 44.1 Å². The Hall–Kier alpha value is -0.820. The molecule has 2 aliphatic rings. The van der Waals surface area contributed by atoms with Gasteiger partial charge >= 0.3 is 0 Å². The molecule has 0 heterocycles. The summed E-state index contributed by atoms with van der Waals surface area (Å²) in [5.74, 6) is 0.558. The molecule has 2 fully saturated rings. The number of hydrogen-bond donors (Lipinski definition) is 1. The molecule has 1 aromatic carbocycles. The molecule has 0 spiro atoms. The summed E-state index contributed by atoms with van der Waals surface area (Å²) in [7, 11) is 0. The number of aliphatic hydroxyl groups excluding tert-OH is 1. The van der Waals surface area contributed by atoms with Crippen molar-refractivity contribution in [3.05, 3.63) is 35.9 Å². The molecule has 0 unspecified atom stereocenters. The number of benzene rings is 1.